The Bertz CT molecular complexity index is 477. The topological polar surface area (TPSA) is 47.6 Å². The summed E-state index contributed by atoms with van der Waals surface area (Å²) < 4.78 is 10.4. The maximum atomic E-state index is 12.2. The second kappa shape index (κ2) is 4.73. The number of nitrogens with one attached hydrogen (secondary N) is 1. The third-order valence-corrected chi connectivity index (χ3v) is 2.57. The summed E-state index contributed by atoms with van der Waals surface area (Å²) in [6.45, 7) is 1.66. The molecule has 0 saturated heterocycles. The van der Waals surface area contributed by atoms with E-state index in [4.69, 9.17) is 33.0 Å². The molecule has 1 aromatic rings. The van der Waals surface area contributed by atoms with E-state index in [0.717, 1.165) is 0 Å². The summed E-state index contributed by atoms with van der Waals surface area (Å²) in [6.07, 6.45) is 0. The molecular formula is C11H10B3NO3. The van der Waals surface area contributed by atoms with Gasteiger partial charge in [0.2, 0.25) is 6.79 Å². The highest BCUT2D eigenvalue weighted by molar-refractivity contribution is 6.38. The monoisotopic (exact) mass is 237 g/mol. The van der Waals surface area contributed by atoms with Crippen LogP contribution in [0.4, 0.5) is 0 Å². The van der Waals surface area contributed by atoms with E-state index in [1.807, 2.05) is 0 Å². The van der Waals surface area contributed by atoms with Crippen LogP contribution in [0.25, 0.3) is 0 Å². The summed E-state index contributed by atoms with van der Waals surface area (Å²) >= 11 is 0. The summed E-state index contributed by atoms with van der Waals surface area (Å²) in [5.74, 6) is -0.0814. The Morgan fingerprint density at radius 3 is 2.72 bits per heavy atom. The van der Waals surface area contributed by atoms with Crippen LogP contribution in [0.3, 0.4) is 0 Å². The lowest BCUT2D eigenvalue weighted by Crippen LogP contribution is -2.54. The first-order chi connectivity index (χ1) is 8.40. The highest BCUT2D eigenvalue weighted by Crippen LogP contribution is 2.33. The lowest BCUT2D eigenvalue weighted by molar-refractivity contribution is 0.0928. The minimum Gasteiger partial charge on any atom is -0.454 e. The summed E-state index contributed by atoms with van der Waals surface area (Å²) in [5.41, 5.74) is -0.945. The van der Waals surface area contributed by atoms with E-state index in [1.54, 1.807) is 18.2 Å². The molecule has 0 bridgehead atoms. The number of Topliss-reactive ketones (excluding diaryl/α,β-unsaturated/α-hetero) is 1. The fraction of sp³-hybridized carbons (Fsp3) is 0.364. The SMILES string of the molecule is [B]C([B])N[C@@]([B])(C)C(=O)c1ccc2c(c1)OCO2. The minimum atomic E-state index is -1.35. The zero-order valence-corrected chi connectivity index (χ0v) is 9.97. The van der Waals surface area contributed by atoms with Gasteiger partial charge in [0.1, 0.15) is 7.85 Å². The molecule has 0 amide bonds. The van der Waals surface area contributed by atoms with Gasteiger partial charge in [-0.2, -0.15) is 0 Å². The van der Waals surface area contributed by atoms with E-state index in [-0.39, 0.29) is 12.6 Å². The maximum Gasteiger partial charge on any atom is 0.231 e. The van der Waals surface area contributed by atoms with E-state index in [1.165, 1.54) is 6.92 Å². The van der Waals surface area contributed by atoms with Gasteiger partial charge in [-0.1, -0.05) is 5.84 Å². The molecule has 1 atom stereocenters. The van der Waals surface area contributed by atoms with Crippen LogP contribution in [-0.4, -0.2) is 47.4 Å². The number of ketones is 1. The maximum absolute atomic E-state index is 12.2. The summed E-state index contributed by atoms with van der Waals surface area (Å²) in [7, 11) is 16.6. The predicted molar refractivity (Wildman–Crippen MR) is 69.5 cm³/mol. The second-order valence-electron chi connectivity index (χ2n) is 4.27. The van der Waals surface area contributed by atoms with E-state index in [9.17, 15) is 4.79 Å². The first-order valence-electron chi connectivity index (χ1n) is 5.42. The van der Waals surface area contributed by atoms with Crippen molar-refractivity contribution in [2.24, 2.45) is 0 Å². The molecule has 6 radical (unpaired) electrons. The number of hydrogen-bond acceptors (Lipinski definition) is 4. The Balaban J connectivity index is 2.23. The average molecular weight is 237 g/mol. The fourth-order valence-corrected chi connectivity index (χ4v) is 1.75. The van der Waals surface area contributed by atoms with Crippen LogP contribution in [0.2, 0.25) is 0 Å². The first kappa shape index (κ1) is 13.1. The zero-order chi connectivity index (χ0) is 13.3. The number of fused-ring (bicyclic) bond motifs is 1. The summed E-state index contributed by atoms with van der Waals surface area (Å²) in [5, 5.41) is 2.60. The first-order valence-corrected chi connectivity index (χ1v) is 5.42. The van der Waals surface area contributed by atoms with Crippen LogP contribution in [0.15, 0.2) is 18.2 Å². The summed E-state index contributed by atoms with van der Waals surface area (Å²) in [6, 6.07) is 4.86. The molecule has 1 heterocycles. The number of carbonyl (C=O) groups is 1. The molecule has 1 aliphatic rings. The predicted octanol–water partition coefficient (Wildman–Crippen LogP) is -0.307. The smallest absolute Gasteiger partial charge is 0.231 e. The Morgan fingerprint density at radius 1 is 1.39 bits per heavy atom. The molecule has 7 heteroatoms. The molecule has 86 valence electrons. The Kier molecular flexibility index (Phi) is 3.44. The van der Waals surface area contributed by atoms with Crippen molar-refractivity contribution in [1.82, 2.24) is 5.32 Å². The number of hydrogen-bond donors (Lipinski definition) is 1. The Hall–Kier alpha value is -1.36. The van der Waals surface area contributed by atoms with E-state index < -0.39 is 11.3 Å². The molecule has 4 nitrogen and oxygen atoms in total. The Morgan fingerprint density at radius 2 is 2.06 bits per heavy atom. The zero-order valence-electron chi connectivity index (χ0n) is 9.97. The van der Waals surface area contributed by atoms with Gasteiger partial charge in [-0.25, -0.2) is 0 Å². The third-order valence-electron chi connectivity index (χ3n) is 2.57. The number of carbonyl (C=O) groups excluding carboxylic acids is 1. The number of rotatable bonds is 4. The molecule has 1 aliphatic heterocycles. The van der Waals surface area contributed by atoms with Crippen LogP contribution in [0.5, 0.6) is 11.5 Å². The quantitative estimate of drug-likeness (QED) is 0.576. The van der Waals surface area contributed by atoms with Crippen molar-refractivity contribution in [3.63, 3.8) is 0 Å². The molecule has 0 aliphatic carbocycles. The highest BCUT2D eigenvalue weighted by Gasteiger charge is 2.29. The standard InChI is InChI=1S/C11H10B3NO3/c1-11(14,15-10(12)13)9(16)6-2-3-7-8(4-6)18-5-17-7/h2-4,10,15H,5H2,1H3/t11-/m0/s1. The third kappa shape index (κ3) is 2.56. The molecular weight excluding hydrogens is 227 g/mol. The highest BCUT2D eigenvalue weighted by atomic mass is 16.7. The molecule has 0 fully saturated rings. The lowest BCUT2D eigenvalue weighted by Gasteiger charge is -2.28. The van der Waals surface area contributed by atoms with Crippen molar-refractivity contribution in [2.75, 3.05) is 6.79 Å². The van der Waals surface area contributed by atoms with E-state index in [0.29, 0.717) is 17.1 Å². The van der Waals surface area contributed by atoms with Crippen molar-refractivity contribution in [3.05, 3.63) is 23.8 Å². The van der Waals surface area contributed by atoms with Crippen molar-refractivity contribution >= 4 is 29.3 Å². The van der Waals surface area contributed by atoms with Gasteiger partial charge >= 0.3 is 0 Å². The van der Waals surface area contributed by atoms with Gasteiger partial charge in [0.15, 0.2) is 17.3 Å². The van der Waals surface area contributed by atoms with Crippen LogP contribution < -0.4 is 14.8 Å². The van der Waals surface area contributed by atoms with Gasteiger partial charge in [0, 0.05) is 11.0 Å². The van der Waals surface area contributed by atoms with Crippen LogP contribution >= 0.6 is 0 Å². The van der Waals surface area contributed by atoms with E-state index in [2.05, 4.69) is 5.32 Å². The number of ether oxygens (including phenoxy) is 2. The van der Waals surface area contributed by atoms with Gasteiger partial charge < -0.3 is 14.8 Å². The fourth-order valence-electron chi connectivity index (χ4n) is 1.75. The average Bonchev–Trinajstić information content (AvgIpc) is 2.72. The normalized spacial score (nSPS) is 16.6. The lowest BCUT2D eigenvalue weighted by atomic mass is 9.69. The van der Waals surface area contributed by atoms with Crippen molar-refractivity contribution in [3.8, 4) is 11.5 Å². The van der Waals surface area contributed by atoms with Crippen molar-refractivity contribution in [2.45, 2.75) is 18.2 Å². The Labute approximate surface area is 110 Å². The molecule has 18 heavy (non-hydrogen) atoms. The van der Waals surface area contributed by atoms with Gasteiger partial charge in [-0.15, -0.1) is 0 Å². The van der Waals surface area contributed by atoms with Crippen LogP contribution in [-0.2, 0) is 0 Å². The molecule has 0 unspecified atom stereocenters. The van der Waals surface area contributed by atoms with Gasteiger partial charge in [0.05, 0.1) is 15.7 Å². The molecule has 2 rings (SSSR count). The molecule has 1 N–H and O–H groups in total. The van der Waals surface area contributed by atoms with Crippen LogP contribution in [0, 0.1) is 0 Å². The van der Waals surface area contributed by atoms with Gasteiger partial charge in [-0.05, 0) is 25.1 Å². The van der Waals surface area contributed by atoms with Crippen molar-refractivity contribution in [1.29, 1.82) is 0 Å². The number of benzene rings is 1. The largest absolute Gasteiger partial charge is 0.454 e. The molecule has 1 aromatic carbocycles. The second-order valence-corrected chi connectivity index (χ2v) is 4.27. The molecule has 0 aromatic heterocycles. The van der Waals surface area contributed by atoms with Gasteiger partial charge in [-0.3, -0.25) is 4.79 Å². The minimum absolute atomic E-state index is 0.152. The summed E-state index contributed by atoms with van der Waals surface area (Å²) in [4.78, 5) is 12.2. The van der Waals surface area contributed by atoms with Crippen molar-refractivity contribution < 1.29 is 14.3 Å². The van der Waals surface area contributed by atoms with Gasteiger partial charge in [0.25, 0.3) is 0 Å². The van der Waals surface area contributed by atoms with E-state index >= 15 is 0 Å². The molecule has 0 saturated carbocycles. The molecule has 0 spiro atoms. The van der Waals surface area contributed by atoms with Crippen LogP contribution in [0.1, 0.15) is 17.3 Å².